The second-order valence-electron chi connectivity index (χ2n) is 8.55. The van der Waals surface area contributed by atoms with Gasteiger partial charge in [0.25, 0.3) is 5.91 Å². The molecule has 2 aromatic carbocycles. The average molecular weight is 425 g/mol. The molecule has 1 aliphatic carbocycles. The van der Waals surface area contributed by atoms with Gasteiger partial charge in [0.2, 0.25) is 0 Å². The van der Waals surface area contributed by atoms with Crippen LogP contribution in [0.4, 0.5) is 4.79 Å². The molecule has 7 nitrogen and oxygen atoms in total. The molecule has 0 saturated carbocycles. The highest BCUT2D eigenvalue weighted by Crippen LogP contribution is 2.33. The van der Waals surface area contributed by atoms with Gasteiger partial charge in [-0.1, -0.05) is 36.4 Å². The molecule has 1 unspecified atom stereocenters. The van der Waals surface area contributed by atoms with E-state index < -0.39 is 11.6 Å². The second-order valence-corrected chi connectivity index (χ2v) is 8.55. The molecule has 3 aromatic rings. The maximum atomic E-state index is 13.5. The van der Waals surface area contributed by atoms with Crippen LogP contribution in [-0.4, -0.2) is 26.6 Å². The van der Waals surface area contributed by atoms with E-state index in [1.807, 2.05) is 42.5 Å². The Morgan fingerprint density at radius 3 is 2.62 bits per heavy atom. The van der Waals surface area contributed by atoms with E-state index in [-0.39, 0.29) is 12.5 Å². The van der Waals surface area contributed by atoms with Crippen LogP contribution in [0.2, 0.25) is 0 Å². The fourth-order valence-corrected chi connectivity index (χ4v) is 4.72. The number of nitrogens with zero attached hydrogens (tertiary/aromatic N) is 4. The summed E-state index contributed by atoms with van der Waals surface area (Å²) in [6, 6.07) is 17.1. The number of carbonyl (C=O) groups is 2. The highest BCUT2D eigenvalue weighted by atomic mass is 16.2. The number of amides is 3. The van der Waals surface area contributed by atoms with Crippen LogP contribution in [0.25, 0.3) is 5.69 Å². The Bertz CT molecular complexity index is 1290. The lowest BCUT2D eigenvalue weighted by Gasteiger charge is -2.23. The number of hydrogen-bond acceptors (Lipinski definition) is 4. The van der Waals surface area contributed by atoms with Crippen molar-refractivity contribution in [2.45, 2.75) is 45.2 Å². The number of carbonyl (C=O) groups excluding carboxylic acids is 2. The fraction of sp³-hybridized carbons (Fsp3) is 0.280. The molecule has 3 amide bonds. The molecule has 1 atom stereocenters. The normalized spacial score (nSPS) is 19.7. The Labute approximate surface area is 186 Å². The number of para-hydroxylation sites is 1. The van der Waals surface area contributed by atoms with Crippen LogP contribution < -0.4 is 5.32 Å². The van der Waals surface area contributed by atoms with Gasteiger partial charge in [0.05, 0.1) is 29.2 Å². The summed E-state index contributed by atoms with van der Waals surface area (Å²) in [4.78, 5) is 27.7. The fourth-order valence-electron chi connectivity index (χ4n) is 4.72. The minimum absolute atomic E-state index is 0.0379. The number of fused-ring (bicyclic) bond motifs is 1. The summed E-state index contributed by atoms with van der Waals surface area (Å²) in [7, 11) is 0. The number of imide groups is 1. The van der Waals surface area contributed by atoms with Crippen LogP contribution in [-0.2, 0) is 29.7 Å². The van der Waals surface area contributed by atoms with Gasteiger partial charge in [0.1, 0.15) is 11.6 Å². The molecule has 1 saturated heterocycles. The van der Waals surface area contributed by atoms with Crippen molar-refractivity contribution >= 4 is 11.9 Å². The van der Waals surface area contributed by atoms with Gasteiger partial charge in [-0.2, -0.15) is 10.4 Å². The number of benzene rings is 2. The predicted octanol–water partition coefficient (Wildman–Crippen LogP) is 3.51. The number of nitriles is 1. The molecular weight excluding hydrogens is 402 g/mol. The van der Waals surface area contributed by atoms with Crippen LogP contribution in [0.5, 0.6) is 0 Å². The Morgan fingerprint density at radius 1 is 1.12 bits per heavy atom. The van der Waals surface area contributed by atoms with Crippen LogP contribution in [0.1, 0.15) is 47.0 Å². The van der Waals surface area contributed by atoms with Crippen LogP contribution in [0.15, 0.2) is 48.5 Å². The topological polar surface area (TPSA) is 91.0 Å². The van der Waals surface area contributed by atoms with Gasteiger partial charge in [-0.25, -0.2) is 9.48 Å². The Kier molecular flexibility index (Phi) is 4.59. The SMILES string of the molecule is Cc1nn(-c2ccccc2)c(CN2C(=O)NC(C)(c3ccc4c(c3)CCC4)C2=O)c1C#N. The minimum atomic E-state index is -1.14. The zero-order chi connectivity index (χ0) is 22.5. The molecule has 5 rings (SSSR count). The molecular formula is C25H23N5O2. The molecule has 2 aliphatic rings. The lowest BCUT2D eigenvalue weighted by atomic mass is 9.89. The first-order valence-electron chi connectivity index (χ1n) is 10.7. The quantitative estimate of drug-likeness (QED) is 0.648. The lowest BCUT2D eigenvalue weighted by molar-refractivity contribution is -0.131. The van der Waals surface area contributed by atoms with Crippen molar-refractivity contribution in [3.63, 3.8) is 0 Å². The third-order valence-electron chi connectivity index (χ3n) is 6.53. The molecule has 7 heteroatoms. The smallest absolute Gasteiger partial charge is 0.319 e. The van der Waals surface area contributed by atoms with Crippen LogP contribution in [0, 0.1) is 18.3 Å². The highest BCUT2D eigenvalue weighted by Gasteiger charge is 2.49. The predicted molar refractivity (Wildman–Crippen MR) is 118 cm³/mol. The summed E-state index contributed by atoms with van der Waals surface area (Å²) in [5, 5.41) is 17.1. The minimum Gasteiger partial charge on any atom is -0.319 e. The van der Waals surface area contributed by atoms with E-state index in [2.05, 4.69) is 22.6 Å². The summed E-state index contributed by atoms with van der Waals surface area (Å²) in [6.07, 6.45) is 3.16. The van der Waals surface area contributed by atoms with Crippen molar-refractivity contribution < 1.29 is 9.59 Å². The number of nitrogens with one attached hydrogen (secondary N) is 1. The zero-order valence-corrected chi connectivity index (χ0v) is 18.1. The summed E-state index contributed by atoms with van der Waals surface area (Å²) in [5.41, 5.74) is 4.40. The molecule has 32 heavy (non-hydrogen) atoms. The van der Waals surface area contributed by atoms with Crippen molar-refractivity contribution in [3.05, 3.63) is 82.2 Å². The average Bonchev–Trinajstić information content (AvgIpc) is 3.45. The molecule has 0 spiro atoms. The maximum absolute atomic E-state index is 13.5. The highest BCUT2D eigenvalue weighted by molar-refractivity contribution is 6.07. The van der Waals surface area contributed by atoms with Crippen molar-refractivity contribution in [1.82, 2.24) is 20.0 Å². The van der Waals surface area contributed by atoms with Gasteiger partial charge in [-0.3, -0.25) is 9.69 Å². The van der Waals surface area contributed by atoms with E-state index in [4.69, 9.17) is 0 Å². The molecule has 2 heterocycles. The third kappa shape index (κ3) is 2.99. The number of rotatable bonds is 4. The van der Waals surface area contributed by atoms with Gasteiger partial charge in [-0.05, 0) is 61.9 Å². The lowest BCUT2D eigenvalue weighted by Crippen LogP contribution is -2.41. The summed E-state index contributed by atoms with van der Waals surface area (Å²) >= 11 is 0. The molecule has 160 valence electrons. The van der Waals surface area contributed by atoms with Gasteiger partial charge in [-0.15, -0.1) is 0 Å². The number of urea groups is 1. The molecule has 1 aliphatic heterocycles. The largest absolute Gasteiger partial charge is 0.325 e. The van der Waals surface area contributed by atoms with Gasteiger partial charge >= 0.3 is 6.03 Å². The van der Waals surface area contributed by atoms with Gasteiger partial charge in [0, 0.05) is 0 Å². The Morgan fingerprint density at radius 2 is 1.88 bits per heavy atom. The molecule has 1 fully saturated rings. The summed E-state index contributed by atoms with van der Waals surface area (Å²) in [6.45, 7) is 3.46. The van der Waals surface area contributed by atoms with Crippen molar-refractivity contribution in [2.24, 2.45) is 0 Å². The van der Waals surface area contributed by atoms with E-state index in [1.165, 1.54) is 16.0 Å². The first-order valence-corrected chi connectivity index (χ1v) is 10.7. The summed E-state index contributed by atoms with van der Waals surface area (Å²) in [5.74, 6) is -0.331. The first-order chi connectivity index (χ1) is 15.4. The standard InChI is InChI=1S/C25H23N5O2/c1-16-21(14-26)22(30(28-16)20-9-4-3-5-10-20)15-29-23(31)25(2,27-24(29)32)19-12-11-17-7-6-8-18(17)13-19/h3-5,9-13H,6-8,15H2,1-2H3,(H,27,32). The first kappa shape index (κ1) is 20.0. The summed E-state index contributed by atoms with van der Waals surface area (Å²) < 4.78 is 1.64. The number of aryl methyl sites for hydroxylation is 3. The van der Waals surface area contributed by atoms with Gasteiger partial charge < -0.3 is 5.32 Å². The van der Waals surface area contributed by atoms with Crippen LogP contribution in [0.3, 0.4) is 0 Å². The van der Waals surface area contributed by atoms with E-state index in [1.54, 1.807) is 18.5 Å². The second kappa shape index (κ2) is 7.34. The zero-order valence-electron chi connectivity index (χ0n) is 18.1. The number of aromatic nitrogens is 2. The maximum Gasteiger partial charge on any atom is 0.325 e. The monoisotopic (exact) mass is 425 g/mol. The van der Waals surface area contributed by atoms with E-state index >= 15 is 0 Å². The molecule has 0 bridgehead atoms. The van der Waals surface area contributed by atoms with Crippen molar-refractivity contribution in [2.75, 3.05) is 0 Å². The van der Waals surface area contributed by atoms with E-state index in [0.29, 0.717) is 17.0 Å². The molecule has 1 N–H and O–H groups in total. The Hall–Kier alpha value is -3.92. The van der Waals surface area contributed by atoms with Crippen molar-refractivity contribution in [1.29, 1.82) is 5.26 Å². The van der Waals surface area contributed by atoms with Crippen LogP contribution >= 0.6 is 0 Å². The third-order valence-corrected chi connectivity index (χ3v) is 6.53. The van der Waals surface area contributed by atoms with E-state index in [0.717, 1.165) is 30.5 Å². The molecule has 1 aromatic heterocycles. The van der Waals surface area contributed by atoms with Gasteiger partial charge in [0.15, 0.2) is 0 Å². The molecule has 0 radical (unpaired) electrons. The Balaban J connectivity index is 1.52. The van der Waals surface area contributed by atoms with Crippen molar-refractivity contribution in [3.8, 4) is 11.8 Å². The number of hydrogen-bond donors (Lipinski definition) is 1. The van der Waals surface area contributed by atoms with E-state index in [9.17, 15) is 14.9 Å².